The van der Waals surface area contributed by atoms with Gasteiger partial charge in [0.15, 0.2) is 11.6 Å². The summed E-state index contributed by atoms with van der Waals surface area (Å²) in [5.74, 6) is 4.43. The smallest absolute Gasteiger partial charge is 0.193 e. The maximum Gasteiger partial charge on any atom is 0.193 e. The van der Waals surface area contributed by atoms with E-state index in [1.807, 2.05) is 91.9 Å². The zero-order valence-electron chi connectivity index (χ0n) is 35.7. The zero-order chi connectivity index (χ0) is 44.3. The summed E-state index contributed by atoms with van der Waals surface area (Å²) < 4.78 is 23.9. The van der Waals surface area contributed by atoms with Gasteiger partial charge in [-0.15, -0.1) is 0 Å². The van der Waals surface area contributed by atoms with Gasteiger partial charge < -0.3 is 18.9 Å². The summed E-state index contributed by atoms with van der Waals surface area (Å²) in [7, 11) is 1.69. The number of ketones is 2. The first-order valence-electron chi connectivity index (χ1n) is 21.4. The molecule has 10 rings (SSSR count). The van der Waals surface area contributed by atoms with Crippen LogP contribution in [0, 0.1) is 6.92 Å². The van der Waals surface area contributed by atoms with Crippen LogP contribution in [0.5, 0.6) is 40.2 Å². The van der Waals surface area contributed by atoms with Crippen LogP contribution in [0.1, 0.15) is 59.7 Å². The second kappa shape index (κ2) is 17.4. The molecule has 1 aliphatic carbocycles. The van der Waals surface area contributed by atoms with Gasteiger partial charge in [-0.1, -0.05) is 103 Å². The Hall–Kier alpha value is -8.48. The van der Waals surface area contributed by atoms with Crippen LogP contribution in [0.15, 0.2) is 218 Å². The minimum atomic E-state index is -0.533. The monoisotopic (exact) mass is 846 g/mol. The Kier molecular flexibility index (Phi) is 10.8. The van der Waals surface area contributed by atoms with Gasteiger partial charge in [-0.3, -0.25) is 9.59 Å². The van der Waals surface area contributed by atoms with Crippen molar-refractivity contribution in [2.75, 3.05) is 7.11 Å². The van der Waals surface area contributed by atoms with Gasteiger partial charge in [0.05, 0.1) is 12.5 Å². The number of rotatable bonds is 13. The zero-order valence-corrected chi connectivity index (χ0v) is 35.7. The first-order valence-corrected chi connectivity index (χ1v) is 21.4. The fraction of sp³-hybridized carbons (Fsp3) is 0.0508. The topological polar surface area (TPSA) is 71.1 Å². The van der Waals surface area contributed by atoms with E-state index in [2.05, 4.69) is 72.8 Å². The highest BCUT2D eigenvalue weighted by atomic mass is 16.5. The summed E-state index contributed by atoms with van der Waals surface area (Å²) in [6.07, 6.45) is 0. The third-order valence-electron chi connectivity index (χ3n) is 12.0. The first kappa shape index (κ1) is 40.6. The van der Waals surface area contributed by atoms with Crippen molar-refractivity contribution >= 4 is 11.6 Å². The minimum Gasteiger partial charge on any atom is -0.497 e. The average Bonchev–Trinajstić information content (AvgIpc) is 3.66. The fourth-order valence-corrected chi connectivity index (χ4v) is 8.68. The summed E-state index contributed by atoms with van der Waals surface area (Å²) in [5.41, 5.74) is 10.1. The van der Waals surface area contributed by atoms with Gasteiger partial charge >= 0.3 is 0 Å². The molecule has 0 amide bonds. The molecule has 65 heavy (non-hydrogen) atoms. The molecule has 6 heteroatoms. The molecule has 0 saturated carbocycles. The molecule has 9 aromatic carbocycles. The molecule has 0 spiro atoms. The fourth-order valence-electron chi connectivity index (χ4n) is 8.68. The molecule has 0 atom stereocenters. The van der Waals surface area contributed by atoms with Crippen molar-refractivity contribution in [1.82, 2.24) is 0 Å². The lowest BCUT2D eigenvalue weighted by Gasteiger charge is -2.34. The van der Waals surface area contributed by atoms with Crippen LogP contribution in [0.4, 0.5) is 0 Å². The molecule has 0 bridgehead atoms. The van der Waals surface area contributed by atoms with Crippen molar-refractivity contribution in [3.05, 3.63) is 268 Å². The molecule has 6 nitrogen and oxygen atoms in total. The number of fused-ring (bicyclic) bond motifs is 3. The van der Waals surface area contributed by atoms with Gasteiger partial charge in [0, 0.05) is 22.3 Å². The lowest BCUT2D eigenvalue weighted by Crippen LogP contribution is -2.28. The van der Waals surface area contributed by atoms with Crippen LogP contribution in [-0.2, 0) is 5.41 Å². The molecule has 0 aliphatic heterocycles. The Morgan fingerprint density at radius 2 is 0.615 bits per heavy atom. The Balaban J connectivity index is 0.777. The van der Waals surface area contributed by atoms with E-state index in [4.69, 9.17) is 18.9 Å². The van der Waals surface area contributed by atoms with Crippen LogP contribution >= 0.6 is 0 Å². The highest BCUT2D eigenvalue weighted by Crippen LogP contribution is 2.56. The second-order valence-corrected chi connectivity index (χ2v) is 16.0. The Morgan fingerprint density at radius 1 is 0.338 bits per heavy atom. The molecular formula is C59H42O6. The molecule has 0 N–H and O–H groups in total. The van der Waals surface area contributed by atoms with Crippen LogP contribution < -0.4 is 18.9 Å². The number of aryl methyl sites for hydroxylation is 1. The number of carbonyl (C=O) groups excluding carboxylic acids is 2. The number of hydrogen-bond donors (Lipinski definition) is 0. The van der Waals surface area contributed by atoms with Crippen LogP contribution in [0.25, 0.3) is 11.1 Å². The number of methoxy groups -OCH3 is 1. The van der Waals surface area contributed by atoms with Gasteiger partial charge in [0.1, 0.15) is 40.2 Å². The normalized spacial score (nSPS) is 12.1. The molecule has 0 unspecified atom stereocenters. The van der Waals surface area contributed by atoms with Crippen molar-refractivity contribution in [1.29, 1.82) is 0 Å². The first-order chi connectivity index (χ1) is 31.8. The average molecular weight is 847 g/mol. The number of ether oxygens (including phenoxy) is 4. The molecule has 314 valence electrons. The maximum atomic E-state index is 13.5. The van der Waals surface area contributed by atoms with E-state index in [0.717, 1.165) is 22.4 Å². The van der Waals surface area contributed by atoms with Crippen molar-refractivity contribution in [3.8, 4) is 51.4 Å². The van der Waals surface area contributed by atoms with E-state index in [-0.39, 0.29) is 11.6 Å². The van der Waals surface area contributed by atoms with Gasteiger partial charge in [0.2, 0.25) is 0 Å². The van der Waals surface area contributed by atoms with Crippen LogP contribution in [0.3, 0.4) is 0 Å². The summed E-state index contributed by atoms with van der Waals surface area (Å²) in [4.78, 5) is 26.3. The van der Waals surface area contributed by atoms with Crippen LogP contribution in [0.2, 0.25) is 0 Å². The molecule has 0 fully saturated rings. The third kappa shape index (κ3) is 7.94. The predicted molar refractivity (Wildman–Crippen MR) is 254 cm³/mol. The highest BCUT2D eigenvalue weighted by molar-refractivity contribution is 6.09. The molecule has 1 aliphatic rings. The maximum absolute atomic E-state index is 13.5. The Morgan fingerprint density at radius 3 is 0.954 bits per heavy atom. The molecule has 0 saturated heterocycles. The third-order valence-corrected chi connectivity index (χ3v) is 12.0. The largest absolute Gasteiger partial charge is 0.497 e. The predicted octanol–water partition coefficient (Wildman–Crippen LogP) is 14.2. The lowest BCUT2D eigenvalue weighted by molar-refractivity contribution is 0.103. The summed E-state index contributed by atoms with van der Waals surface area (Å²) in [6.45, 7) is 1.99. The molecule has 0 heterocycles. The van der Waals surface area contributed by atoms with Crippen molar-refractivity contribution in [3.63, 3.8) is 0 Å². The van der Waals surface area contributed by atoms with Gasteiger partial charge in [-0.2, -0.15) is 0 Å². The van der Waals surface area contributed by atoms with E-state index >= 15 is 0 Å². The lowest BCUT2D eigenvalue weighted by atomic mass is 9.68. The number of benzene rings is 9. The molecular weight excluding hydrogens is 805 g/mol. The highest BCUT2D eigenvalue weighted by Gasteiger charge is 2.45. The van der Waals surface area contributed by atoms with E-state index in [0.29, 0.717) is 56.8 Å². The summed E-state index contributed by atoms with van der Waals surface area (Å²) in [6, 6.07) is 70.1. The Bertz CT molecular complexity index is 3090. The van der Waals surface area contributed by atoms with Gasteiger partial charge in [-0.25, -0.2) is 0 Å². The number of carbonyl (C=O) groups is 2. The standard InChI is InChI=1S/C59H42O6/c1-39-11-13-40(14-12-39)57(60)41-15-27-48(28-16-41)64-51-35-37-52(38-36-51)65-49-29-19-43(20-30-49)58(61)42-17-25-47(26-18-42)63-50-33-23-45(24-34-50)59(44-21-31-46(62-2)32-22-44)55-9-5-3-7-53(55)54-8-4-6-10-56(54)59/h3-38H,1-2H3. The summed E-state index contributed by atoms with van der Waals surface area (Å²) >= 11 is 0. The molecule has 0 aromatic heterocycles. The SMILES string of the molecule is COc1ccc(C2(c3ccc(Oc4ccc(C(=O)c5ccc(Oc6ccc(Oc7ccc(C(=O)c8ccc(C)cc8)cc7)cc6)cc5)cc4)cc3)c3ccccc3-c3ccccc32)cc1. The van der Waals surface area contributed by atoms with Gasteiger partial charge in [-0.05, 0) is 162 Å². The van der Waals surface area contributed by atoms with Gasteiger partial charge in [0.25, 0.3) is 0 Å². The quantitative estimate of drug-likeness (QED) is 0.108. The Labute approximate surface area is 377 Å². The second-order valence-electron chi connectivity index (χ2n) is 16.0. The summed E-state index contributed by atoms with van der Waals surface area (Å²) in [5, 5.41) is 0. The minimum absolute atomic E-state index is 0.0348. The van der Waals surface area contributed by atoms with Crippen molar-refractivity contribution in [2.45, 2.75) is 12.3 Å². The van der Waals surface area contributed by atoms with E-state index in [1.165, 1.54) is 22.3 Å². The van der Waals surface area contributed by atoms with Crippen molar-refractivity contribution < 1.29 is 28.5 Å². The van der Waals surface area contributed by atoms with E-state index < -0.39 is 5.41 Å². The molecule has 9 aromatic rings. The van der Waals surface area contributed by atoms with E-state index in [9.17, 15) is 9.59 Å². The molecule has 0 radical (unpaired) electrons. The van der Waals surface area contributed by atoms with Crippen molar-refractivity contribution in [2.24, 2.45) is 0 Å². The van der Waals surface area contributed by atoms with E-state index in [1.54, 1.807) is 67.8 Å². The van der Waals surface area contributed by atoms with Crippen LogP contribution in [-0.4, -0.2) is 18.7 Å². The number of hydrogen-bond acceptors (Lipinski definition) is 6.